The van der Waals surface area contributed by atoms with Gasteiger partial charge in [0.2, 0.25) is 5.89 Å². The second-order valence-corrected chi connectivity index (χ2v) is 12.4. The van der Waals surface area contributed by atoms with Crippen LogP contribution in [0.3, 0.4) is 0 Å². The summed E-state index contributed by atoms with van der Waals surface area (Å²) in [5.74, 6) is 0.635. The number of hydrogen-bond donors (Lipinski definition) is 0. The standard InChI is InChI=1S/C45H29N3O/c1-4-12-31(13-5-1)45-46-41-27-26-36-39(44(41)49-45)24-21-30-20-22-34(28-40(30)36)47(32-14-6-2-7-15-32)35-23-25-38-37-18-10-11-19-42(37)48(43(38)29-35)33-16-8-3-9-17-33/h1-29H. The molecule has 0 unspecified atom stereocenters. The Hall–Kier alpha value is -6.65. The van der Waals surface area contributed by atoms with Crippen molar-refractivity contribution >= 4 is 71.5 Å². The minimum atomic E-state index is 0.635. The molecule has 0 bridgehead atoms. The van der Waals surface area contributed by atoms with Crippen molar-refractivity contribution in [2.24, 2.45) is 0 Å². The van der Waals surface area contributed by atoms with E-state index in [4.69, 9.17) is 9.40 Å². The minimum Gasteiger partial charge on any atom is -0.435 e. The third-order valence-corrected chi connectivity index (χ3v) is 9.58. The molecule has 0 fully saturated rings. The molecular formula is C45H29N3O. The highest BCUT2D eigenvalue weighted by atomic mass is 16.3. The largest absolute Gasteiger partial charge is 0.435 e. The fourth-order valence-corrected chi connectivity index (χ4v) is 7.33. The Bertz CT molecular complexity index is 2820. The third-order valence-electron chi connectivity index (χ3n) is 9.58. The number of benzene rings is 8. The van der Waals surface area contributed by atoms with Crippen molar-refractivity contribution in [1.29, 1.82) is 0 Å². The molecule has 0 amide bonds. The molecule has 2 heterocycles. The molecule has 0 aliphatic rings. The molecule has 0 atom stereocenters. The van der Waals surface area contributed by atoms with Crippen molar-refractivity contribution in [2.75, 3.05) is 4.90 Å². The maximum atomic E-state index is 6.42. The van der Waals surface area contributed by atoms with Crippen molar-refractivity contribution in [3.8, 4) is 17.1 Å². The summed E-state index contributed by atoms with van der Waals surface area (Å²) in [4.78, 5) is 7.18. The van der Waals surface area contributed by atoms with Gasteiger partial charge in [-0.1, -0.05) is 97.1 Å². The summed E-state index contributed by atoms with van der Waals surface area (Å²) in [5.41, 5.74) is 9.39. The Kier molecular flexibility index (Phi) is 6.15. The first kappa shape index (κ1) is 27.5. The lowest BCUT2D eigenvalue weighted by Crippen LogP contribution is -2.10. The lowest BCUT2D eigenvalue weighted by molar-refractivity contribution is 0.623. The lowest BCUT2D eigenvalue weighted by Gasteiger charge is -2.26. The van der Waals surface area contributed by atoms with Gasteiger partial charge in [0, 0.05) is 44.5 Å². The normalized spacial score (nSPS) is 11.7. The van der Waals surface area contributed by atoms with Crippen LogP contribution >= 0.6 is 0 Å². The average Bonchev–Trinajstić information content (AvgIpc) is 3.76. The van der Waals surface area contributed by atoms with E-state index in [2.05, 4.69) is 155 Å². The second-order valence-electron chi connectivity index (χ2n) is 12.4. The first-order valence-corrected chi connectivity index (χ1v) is 16.6. The Morgan fingerprint density at radius 2 is 1.08 bits per heavy atom. The molecule has 8 aromatic carbocycles. The number of aromatic nitrogens is 2. The predicted octanol–water partition coefficient (Wildman–Crippen LogP) is 12.4. The van der Waals surface area contributed by atoms with Crippen LogP contribution in [0.4, 0.5) is 17.1 Å². The van der Waals surface area contributed by atoms with Crippen LogP contribution in [0.5, 0.6) is 0 Å². The predicted molar refractivity (Wildman–Crippen MR) is 203 cm³/mol. The molecule has 230 valence electrons. The van der Waals surface area contributed by atoms with E-state index in [9.17, 15) is 0 Å². The summed E-state index contributed by atoms with van der Waals surface area (Å²) in [6.07, 6.45) is 0. The van der Waals surface area contributed by atoms with Crippen molar-refractivity contribution in [3.63, 3.8) is 0 Å². The maximum Gasteiger partial charge on any atom is 0.227 e. The zero-order chi connectivity index (χ0) is 32.3. The van der Waals surface area contributed by atoms with E-state index in [0.717, 1.165) is 55.6 Å². The van der Waals surface area contributed by atoms with E-state index in [0.29, 0.717) is 5.89 Å². The van der Waals surface area contributed by atoms with Gasteiger partial charge >= 0.3 is 0 Å². The number of fused-ring (bicyclic) bond motifs is 8. The molecule has 4 nitrogen and oxygen atoms in total. The molecule has 0 N–H and O–H groups in total. The van der Waals surface area contributed by atoms with Crippen LogP contribution in [-0.4, -0.2) is 9.55 Å². The monoisotopic (exact) mass is 627 g/mol. The minimum absolute atomic E-state index is 0.635. The van der Waals surface area contributed by atoms with E-state index in [1.807, 2.05) is 30.3 Å². The molecule has 0 spiro atoms. The zero-order valence-corrected chi connectivity index (χ0v) is 26.5. The van der Waals surface area contributed by atoms with E-state index in [-0.39, 0.29) is 0 Å². The van der Waals surface area contributed by atoms with Crippen molar-refractivity contribution in [2.45, 2.75) is 0 Å². The topological polar surface area (TPSA) is 34.2 Å². The summed E-state index contributed by atoms with van der Waals surface area (Å²) in [6, 6.07) is 62.2. The van der Waals surface area contributed by atoms with Gasteiger partial charge in [-0.25, -0.2) is 4.98 Å². The summed E-state index contributed by atoms with van der Waals surface area (Å²) >= 11 is 0. The number of anilines is 3. The van der Waals surface area contributed by atoms with Gasteiger partial charge in [-0.2, -0.15) is 0 Å². The van der Waals surface area contributed by atoms with E-state index in [1.54, 1.807) is 0 Å². The van der Waals surface area contributed by atoms with E-state index < -0.39 is 0 Å². The molecule has 4 heteroatoms. The lowest BCUT2D eigenvalue weighted by atomic mass is 10.00. The van der Waals surface area contributed by atoms with Gasteiger partial charge in [-0.3, -0.25) is 0 Å². The average molecular weight is 628 g/mol. The van der Waals surface area contributed by atoms with Crippen LogP contribution < -0.4 is 4.90 Å². The Labute approximate surface area is 282 Å². The molecule has 2 aromatic heterocycles. The molecule has 0 radical (unpaired) electrons. The van der Waals surface area contributed by atoms with Crippen LogP contribution in [-0.2, 0) is 0 Å². The van der Waals surface area contributed by atoms with Crippen molar-refractivity contribution in [1.82, 2.24) is 9.55 Å². The Balaban J connectivity index is 1.19. The number of nitrogens with zero attached hydrogens (tertiary/aromatic N) is 3. The molecular weight excluding hydrogens is 599 g/mol. The van der Waals surface area contributed by atoms with Gasteiger partial charge in [0.25, 0.3) is 0 Å². The summed E-state index contributed by atoms with van der Waals surface area (Å²) in [5, 5.41) is 6.99. The van der Waals surface area contributed by atoms with E-state index in [1.165, 1.54) is 27.2 Å². The molecule has 0 saturated carbocycles. The maximum absolute atomic E-state index is 6.42. The second kappa shape index (κ2) is 11.0. The zero-order valence-electron chi connectivity index (χ0n) is 26.5. The van der Waals surface area contributed by atoms with Gasteiger partial charge in [0.1, 0.15) is 5.52 Å². The Morgan fingerprint density at radius 3 is 1.92 bits per heavy atom. The Morgan fingerprint density at radius 1 is 0.449 bits per heavy atom. The van der Waals surface area contributed by atoms with Crippen molar-refractivity contribution in [3.05, 3.63) is 176 Å². The number of rotatable bonds is 5. The summed E-state index contributed by atoms with van der Waals surface area (Å²) in [7, 11) is 0. The van der Waals surface area contributed by atoms with Crippen molar-refractivity contribution < 1.29 is 4.42 Å². The quantitative estimate of drug-likeness (QED) is 0.178. The van der Waals surface area contributed by atoms with Crippen LogP contribution in [0.15, 0.2) is 180 Å². The molecule has 0 aliphatic carbocycles. The first-order valence-electron chi connectivity index (χ1n) is 16.6. The van der Waals surface area contributed by atoms with Crippen LogP contribution in [0.25, 0.3) is 71.6 Å². The molecule has 10 aromatic rings. The van der Waals surface area contributed by atoms with E-state index >= 15 is 0 Å². The number of oxazole rings is 1. The van der Waals surface area contributed by atoms with Gasteiger partial charge in [-0.05, 0) is 95.0 Å². The summed E-state index contributed by atoms with van der Waals surface area (Å²) in [6.45, 7) is 0. The van der Waals surface area contributed by atoms with Gasteiger partial charge < -0.3 is 13.9 Å². The van der Waals surface area contributed by atoms with Crippen LogP contribution in [0, 0.1) is 0 Å². The molecule has 0 saturated heterocycles. The third kappa shape index (κ3) is 4.42. The smallest absolute Gasteiger partial charge is 0.227 e. The molecule has 0 aliphatic heterocycles. The summed E-state index contributed by atoms with van der Waals surface area (Å²) < 4.78 is 8.79. The van der Waals surface area contributed by atoms with Gasteiger partial charge in [0.05, 0.1) is 11.0 Å². The van der Waals surface area contributed by atoms with Gasteiger partial charge in [-0.15, -0.1) is 0 Å². The van der Waals surface area contributed by atoms with Crippen LogP contribution in [0.1, 0.15) is 0 Å². The van der Waals surface area contributed by atoms with Gasteiger partial charge in [0.15, 0.2) is 5.58 Å². The molecule has 49 heavy (non-hydrogen) atoms. The number of hydrogen-bond acceptors (Lipinski definition) is 3. The number of para-hydroxylation sites is 3. The SMILES string of the molecule is c1ccc(-c2nc3ccc4c5cc(N(c6ccccc6)c6ccc7c8ccccc8n(-c8ccccc8)c7c6)ccc5ccc4c3o2)cc1. The first-order chi connectivity index (χ1) is 24.3. The fraction of sp³-hybridized carbons (Fsp3) is 0. The highest BCUT2D eigenvalue weighted by molar-refractivity contribution is 6.16. The highest BCUT2D eigenvalue weighted by Gasteiger charge is 2.19. The van der Waals surface area contributed by atoms with Crippen LogP contribution in [0.2, 0.25) is 0 Å². The fourth-order valence-electron chi connectivity index (χ4n) is 7.33. The highest BCUT2D eigenvalue weighted by Crippen LogP contribution is 2.42. The molecule has 10 rings (SSSR count).